The molecule has 1 aliphatic rings. The summed E-state index contributed by atoms with van der Waals surface area (Å²) < 4.78 is 2.13. The zero-order valence-corrected chi connectivity index (χ0v) is 12.1. The Balaban J connectivity index is 2.13. The van der Waals surface area contributed by atoms with E-state index < -0.39 is 5.41 Å². The molecule has 19 heavy (non-hydrogen) atoms. The van der Waals surface area contributed by atoms with Crippen molar-refractivity contribution in [1.29, 1.82) is 0 Å². The topological polar surface area (TPSA) is 59.0 Å². The van der Waals surface area contributed by atoms with Gasteiger partial charge in [0.2, 0.25) is 5.91 Å². The number of rotatable bonds is 4. The summed E-state index contributed by atoms with van der Waals surface area (Å²) in [4.78, 5) is 16.2. The second-order valence-electron chi connectivity index (χ2n) is 5.95. The molecule has 1 atom stereocenters. The highest BCUT2D eigenvalue weighted by Gasteiger charge is 2.29. The predicted molar refractivity (Wildman–Crippen MR) is 74.9 cm³/mol. The lowest BCUT2D eigenvalue weighted by Gasteiger charge is -2.28. The first kappa shape index (κ1) is 14.1. The Labute approximate surface area is 114 Å². The van der Waals surface area contributed by atoms with Gasteiger partial charge in [0.25, 0.3) is 0 Å². The van der Waals surface area contributed by atoms with Crippen molar-refractivity contribution >= 4 is 5.91 Å². The minimum absolute atomic E-state index is 0.0638. The number of nitrogens with one attached hydrogen (secondary N) is 2. The number of hydrogen-bond acceptors (Lipinski definition) is 3. The summed E-state index contributed by atoms with van der Waals surface area (Å²) in [6.45, 7) is 6.71. The van der Waals surface area contributed by atoms with Crippen molar-refractivity contribution in [1.82, 2.24) is 20.2 Å². The van der Waals surface area contributed by atoms with E-state index in [1.165, 1.54) is 18.5 Å². The molecule has 0 spiro atoms. The van der Waals surface area contributed by atoms with Gasteiger partial charge in [-0.1, -0.05) is 0 Å². The number of aromatic nitrogens is 2. The van der Waals surface area contributed by atoms with Crippen molar-refractivity contribution in [3.05, 3.63) is 18.2 Å². The third-order valence-corrected chi connectivity index (χ3v) is 3.87. The summed E-state index contributed by atoms with van der Waals surface area (Å²) in [7, 11) is 1.68. The van der Waals surface area contributed by atoms with Gasteiger partial charge in [-0.15, -0.1) is 0 Å². The SMILES string of the molecule is CNC(=O)C(C)(C)Cn1cncc1C1CCCNC1. The number of piperidine rings is 1. The molecule has 5 nitrogen and oxygen atoms in total. The van der Waals surface area contributed by atoms with Crippen LogP contribution >= 0.6 is 0 Å². The first-order valence-corrected chi connectivity index (χ1v) is 6.97. The van der Waals surface area contributed by atoms with E-state index in [0.29, 0.717) is 12.5 Å². The van der Waals surface area contributed by atoms with Crippen LogP contribution in [0.2, 0.25) is 0 Å². The first-order valence-electron chi connectivity index (χ1n) is 6.97. The molecule has 1 unspecified atom stereocenters. The van der Waals surface area contributed by atoms with Gasteiger partial charge in [-0.05, 0) is 33.2 Å². The van der Waals surface area contributed by atoms with Crippen LogP contribution in [0.15, 0.2) is 12.5 Å². The molecular weight excluding hydrogens is 240 g/mol. The van der Waals surface area contributed by atoms with Gasteiger partial charge in [0.05, 0.1) is 11.7 Å². The smallest absolute Gasteiger partial charge is 0.227 e. The number of hydrogen-bond donors (Lipinski definition) is 2. The standard InChI is InChI=1S/C14H24N4O/c1-14(2,13(19)15-3)9-18-10-17-8-12(18)11-5-4-6-16-7-11/h8,10-11,16H,4-7,9H2,1-3H3,(H,15,19). The van der Waals surface area contributed by atoms with Gasteiger partial charge in [0.15, 0.2) is 0 Å². The third-order valence-electron chi connectivity index (χ3n) is 3.87. The molecule has 1 fully saturated rings. The molecule has 2 heterocycles. The predicted octanol–water partition coefficient (Wildman–Crippen LogP) is 1.12. The molecule has 1 aromatic heterocycles. The Morgan fingerprint density at radius 2 is 2.42 bits per heavy atom. The van der Waals surface area contributed by atoms with Crippen LogP contribution in [-0.4, -0.2) is 35.6 Å². The molecule has 1 aromatic rings. The minimum atomic E-state index is -0.424. The molecule has 2 N–H and O–H groups in total. The molecular formula is C14H24N4O. The van der Waals surface area contributed by atoms with Crippen LogP contribution in [0.1, 0.15) is 38.3 Å². The maximum absolute atomic E-state index is 11.9. The van der Waals surface area contributed by atoms with Crippen molar-refractivity contribution in [2.45, 2.75) is 39.2 Å². The van der Waals surface area contributed by atoms with E-state index >= 15 is 0 Å². The highest BCUT2D eigenvalue weighted by atomic mass is 16.2. The summed E-state index contributed by atoms with van der Waals surface area (Å²) in [5.41, 5.74) is 0.816. The van der Waals surface area contributed by atoms with Crippen molar-refractivity contribution < 1.29 is 4.79 Å². The van der Waals surface area contributed by atoms with Gasteiger partial charge in [-0.2, -0.15) is 0 Å². The second-order valence-corrected chi connectivity index (χ2v) is 5.95. The molecule has 1 amide bonds. The Bertz CT molecular complexity index is 432. The second kappa shape index (κ2) is 5.74. The van der Waals surface area contributed by atoms with Gasteiger partial charge in [-0.25, -0.2) is 4.98 Å². The average molecular weight is 264 g/mol. The summed E-state index contributed by atoms with van der Waals surface area (Å²) in [6.07, 6.45) is 6.18. The summed E-state index contributed by atoms with van der Waals surface area (Å²) in [6, 6.07) is 0. The lowest BCUT2D eigenvalue weighted by atomic mass is 9.91. The Kier molecular flexibility index (Phi) is 4.24. The fourth-order valence-corrected chi connectivity index (χ4v) is 2.74. The lowest BCUT2D eigenvalue weighted by Crippen LogP contribution is -2.38. The van der Waals surface area contributed by atoms with Crippen LogP contribution in [0, 0.1) is 5.41 Å². The third kappa shape index (κ3) is 3.15. The number of imidazole rings is 1. The van der Waals surface area contributed by atoms with Gasteiger partial charge in [0.1, 0.15) is 0 Å². The van der Waals surface area contributed by atoms with Crippen molar-refractivity contribution in [3.63, 3.8) is 0 Å². The molecule has 1 aliphatic heterocycles. The van der Waals surface area contributed by atoms with E-state index in [2.05, 4.69) is 20.2 Å². The van der Waals surface area contributed by atoms with E-state index in [-0.39, 0.29) is 5.91 Å². The molecule has 0 bridgehead atoms. The zero-order chi connectivity index (χ0) is 13.9. The molecule has 0 saturated carbocycles. The van der Waals surface area contributed by atoms with Crippen LogP contribution in [0.5, 0.6) is 0 Å². The molecule has 2 rings (SSSR count). The fraction of sp³-hybridized carbons (Fsp3) is 0.714. The maximum atomic E-state index is 11.9. The highest BCUT2D eigenvalue weighted by Crippen LogP contribution is 2.26. The van der Waals surface area contributed by atoms with Crippen LogP contribution in [0.3, 0.4) is 0 Å². The van der Waals surface area contributed by atoms with E-state index in [9.17, 15) is 4.79 Å². The van der Waals surface area contributed by atoms with E-state index in [1.54, 1.807) is 7.05 Å². The van der Waals surface area contributed by atoms with Crippen LogP contribution in [-0.2, 0) is 11.3 Å². The maximum Gasteiger partial charge on any atom is 0.227 e. The van der Waals surface area contributed by atoms with Crippen LogP contribution < -0.4 is 10.6 Å². The fourth-order valence-electron chi connectivity index (χ4n) is 2.74. The number of carbonyl (C=O) groups excluding carboxylic acids is 1. The molecule has 0 radical (unpaired) electrons. The van der Waals surface area contributed by atoms with Crippen molar-refractivity contribution in [2.75, 3.05) is 20.1 Å². The van der Waals surface area contributed by atoms with Gasteiger partial charge in [-0.3, -0.25) is 4.79 Å². The first-order chi connectivity index (χ1) is 9.04. The van der Waals surface area contributed by atoms with Crippen molar-refractivity contribution in [2.24, 2.45) is 5.41 Å². The Morgan fingerprint density at radius 1 is 1.63 bits per heavy atom. The van der Waals surface area contributed by atoms with Gasteiger partial charge >= 0.3 is 0 Å². The van der Waals surface area contributed by atoms with Gasteiger partial charge in [0, 0.05) is 37.9 Å². The number of amides is 1. The molecule has 0 aliphatic carbocycles. The number of nitrogens with zero attached hydrogens (tertiary/aromatic N) is 2. The molecule has 5 heteroatoms. The highest BCUT2D eigenvalue weighted by molar-refractivity contribution is 5.81. The summed E-state index contributed by atoms with van der Waals surface area (Å²) in [5.74, 6) is 0.575. The quantitative estimate of drug-likeness (QED) is 0.857. The van der Waals surface area contributed by atoms with Crippen LogP contribution in [0.25, 0.3) is 0 Å². The minimum Gasteiger partial charge on any atom is -0.359 e. The van der Waals surface area contributed by atoms with Crippen LogP contribution in [0.4, 0.5) is 0 Å². The Morgan fingerprint density at radius 3 is 3.05 bits per heavy atom. The van der Waals surface area contributed by atoms with Crippen molar-refractivity contribution in [3.8, 4) is 0 Å². The Hall–Kier alpha value is -1.36. The lowest BCUT2D eigenvalue weighted by molar-refractivity contribution is -0.129. The summed E-state index contributed by atoms with van der Waals surface area (Å²) >= 11 is 0. The normalized spacial score (nSPS) is 20.3. The molecule has 106 valence electrons. The molecule has 1 saturated heterocycles. The molecule has 0 aromatic carbocycles. The largest absolute Gasteiger partial charge is 0.359 e. The zero-order valence-electron chi connectivity index (χ0n) is 12.1. The average Bonchev–Trinajstić information content (AvgIpc) is 2.86. The van der Waals surface area contributed by atoms with Gasteiger partial charge < -0.3 is 15.2 Å². The van der Waals surface area contributed by atoms with E-state index in [0.717, 1.165) is 13.1 Å². The number of carbonyl (C=O) groups is 1. The monoisotopic (exact) mass is 264 g/mol. The van der Waals surface area contributed by atoms with E-state index in [1.807, 2.05) is 26.4 Å². The summed E-state index contributed by atoms with van der Waals surface area (Å²) in [5, 5.41) is 6.16. The van der Waals surface area contributed by atoms with E-state index in [4.69, 9.17) is 0 Å².